The summed E-state index contributed by atoms with van der Waals surface area (Å²) in [6, 6.07) is 19.6. The van der Waals surface area contributed by atoms with Crippen molar-refractivity contribution in [2.24, 2.45) is 0 Å². The Morgan fingerprint density at radius 1 is 1.06 bits per heavy atom. The highest BCUT2D eigenvalue weighted by atomic mass is 16.5. The first-order chi connectivity index (χ1) is 8.86. The minimum Gasteiger partial charge on any atom is -0.504 e. The molecule has 2 aromatic carbocycles. The highest BCUT2D eigenvalue weighted by molar-refractivity contribution is 5.81. The lowest BCUT2D eigenvalue weighted by molar-refractivity contribution is 0.340. The van der Waals surface area contributed by atoms with Crippen LogP contribution in [0, 0.1) is 11.3 Å². The van der Waals surface area contributed by atoms with Crippen molar-refractivity contribution in [1.29, 1.82) is 5.26 Å². The van der Waals surface area contributed by atoms with E-state index in [1.54, 1.807) is 13.4 Å². The normalized spacial score (nSPS) is 10.8. The smallest absolute Gasteiger partial charge is 0.0998 e. The van der Waals surface area contributed by atoms with Crippen molar-refractivity contribution in [2.45, 2.75) is 0 Å². The van der Waals surface area contributed by atoms with Crippen LogP contribution in [0.4, 0.5) is 0 Å². The largest absolute Gasteiger partial charge is 0.504 e. The SMILES string of the molecule is CO/C=C(/c1ccccc1)c1ccccc1C#N. The molecule has 2 heteroatoms. The van der Waals surface area contributed by atoms with Crippen molar-refractivity contribution in [2.75, 3.05) is 7.11 Å². The Balaban J connectivity index is 2.57. The van der Waals surface area contributed by atoms with Gasteiger partial charge in [-0.25, -0.2) is 0 Å². The molecule has 0 saturated heterocycles. The van der Waals surface area contributed by atoms with E-state index in [4.69, 9.17) is 10.00 Å². The molecule has 88 valence electrons. The van der Waals surface area contributed by atoms with Crippen molar-refractivity contribution in [3.8, 4) is 6.07 Å². The van der Waals surface area contributed by atoms with E-state index in [2.05, 4.69) is 6.07 Å². The van der Waals surface area contributed by atoms with Crippen molar-refractivity contribution < 1.29 is 4.74 Å². The fourth-order valence-electron chi connectivity index (χ4n) is 1.84. The fourth-order valence-corrected chi connectivity index (χ4v) is 1.84. The Morgan fingerprint density at radius 3 is 2.39 bits per heavy atom. The van der Waals surface area contributed by atoms with E-state index in [1.807, 2.05) is 54.6 Å². The van der Waals surface area contributed by atoms with E-state index in [-0.39, 0.29) is 0 Å². The van der Waals surface area contributed by atoms with Crippen LogP contribution in [0.15, 0.2) is 60.9 Å². The number of hydrogen-bond acceptors (Lipinski definition) is 2. The Hall–Kier alpha value is -2.53. The van der Waals surface area contributed by atoms with Gasteiger partial charge in [0.2, 0.25) is 0 Å². The third kappa shape index (κ3) is 2.41. The second kappa shape index (κ2) is 5.70. The molecule has 2 aromatic rings. The van der Waals surface area contributed by atoms with E-state index in [0.29, 0.717) is 5.56 Å². The van der Waals surface area contributed by atoms with Crippen LogP contribution >= 0.6 is 0 Å². The molecule has 0 spiro atoms. The van der Waals surface area contributed by atoms with Crippen LogP contribution in [0.1, 0.15) is 16.7 Å². The van der Waals surface area contributed by atoms with E-state index >= 15 is 0 Å². The second-order valence-electron chi connectivity index (χ2n) is 3.79. The Bertz CT molecular complexity index is 594. The highest BCUT2D eigenvalue weighted by Gasteiger charge is 2.09. The van der Waals surface area contributed by atoms with Crippen LogP contribution < -0.4 is 0 Å². The summed E-state index contributed by atoms with van der Waals surface area (Å²) in [7, 11) is 1.61. The topological polar surface area (TPSA) is 33.0 Å². The van der Waals surface area contributed by atoms with Crippen molar-refractivity contribution >= 4 is 5.57 Å². The molecular formula is C16H13NO. The number of hydrogen-bond donors (Lipinski definition) is 0. The van der Waals surface area contributed by atoms with Gasteiger partial charge in [0.1, 0.15) is 0 Å². The lowest BCUT2D eigenvalue weighted by Gasteiger charge is -2.09. The van der Waals surface area contributed by atoms with Crippen LogP contribution in [0.25, 0.3) is 5.57 Å². The molecule has 18 heavy (non-hydrogen) atoms. The summed E-state index contributed by atoms with van der Waals surface area (Å²) in [5.74, 6) is 0. The number of rotatable bonds is 3. The van der Waals surface area contributed by atoms with Crippen molar-refractivity contribution in [3.63, 3.8) is 0 Å². The standard InChI is InChI=1S/C16H13NO/c1-18-12-16(13-7-3-2-4-8-13)15-10-6-5-9-14(15)11-17/h2-10,12H,1H3/b16-12-. The van der Waals surface area contributed by atoms with E-state index < -0.39 is 0 Å². The molecule has 0 fully saturated rings. The maximum Gasteiger partial charge on any atom is 0.0998 e. The van der Waals surface area contributed by atoms with Gasteiger partial charge in [-0.05, 0) is 11.6 Å². The molecular weight excluding hydrogens is 222 g/mol. The van der Waals surface area contributed by atoms with Crippen LogP contribution in [-0.4, -0.2) is 7.11 Å². The minimum absolute atomic E-state index is 0.643. The number of methoxy groups -OCH3 is 1. The molecule has 0 unspecified atom stereocenters. The van der Waals surface area contributed by atoms with Gasteiger partial charge >= 0.3 is 0 Å². The monoisotopic (exact) mass is 235 g/mol. The molecule has 0 amide bonds. The third-order valence-electron chi connectivity index (χ3n) is 2.66. The zero-order valence-corrected chi connectivity index (χ0v) is 10.1. The summed E-state index contributed by atoms with van der Waals surface area (Å²) in [6.45, 7) is 0. The van der Waals surface area contributed by atoms with Gasteiger partial charge in [-0.3, -0.25) is 0 Å². The van der Waals surface area contributed by atoms with Gasteiger partial charge in [0.25, 0.3) is 0 Å². The Morgan fingerprint density at radius 2 is 1.72 bits per heavy atom. The summed E-state index contributed by atoms with van der Waals surface area (Å²) in [5.41, 5.74) is 3.47. The van der Waals surface area contributed by atoms with Gasteiger partial charge in [0.05, 0.1) is 25.0 Å². The second-order valence-corrected chi connectivity index (χ2v) is 3.79. The molecule has 0 saturated carbocycles. The molecule has 0 aliphatic rings. The maximum atomic E-state index is 9.16. The van der Waals surface area contributed by atoms with E-state index in [9.17, 15) is 0 Å². The number of benzene rings is 2. The number of nitriles is 1. The van der Waals surface area contributed by atoms with Crippen molar-refractivity contribution in [3.05, 3.63) is 77.5 Å². The third-order valence-corrected chi connectivity index (χ3v) is 2.66. The van der Waals surface area contributed by atoms with Gasteiger partial charge in [0, 0.05) is 11.1 Å². The first-order valence-electron chi connectivity index (χ1n) is 5.64. The van der Waals surface area contributed by atoms with Crippen LogP contribution in [0.2, 0.25) is 0 Å². The first-order valence-corrected chi connectivity index (χ1v) is 5.64. The lowest BCUT2D eigenvalue weighted by Crippen LogP contribution is -1.92. The van der Waals surface area contributed by atoms with Gasteiger partial charge in [0.15, 0.2) is 0 Å². The van der Waals surface area contributed by atoms with E-state index in [1.165, 1.54) is 0 Å². The van der Waals surface area contributed by atoms with Gasteiger partial charge in [-0.2, -0.15) is 5.26 Å². The predicted octanol–water partition coefficient (Wildman–Crippen LogP) is 3.59. The summed E-state index contributed by atoms with van der Waals surface area (Å²) in [4.78, 5) is 0. The quantitative estimate of drug-likeness (QED) is 0.761. The minimum atomic E-state index is 0.643. The van der Waals surface area contributed by atoms with Gasteiger partial charge in [-0.1, -0.05) is 48.5 Å². The van der Waals surface area contributed by atoms with E-state index in [0.717, 1.165) is 16.7 Å². The summed E-state index contributed by atoms with van der Waals surface area (Å²) in [6.07, 6.45) is 1.67. The summed E-state index contributed by atoms with van der Waals surface area (Å²) in [5, 5.41) is 9.16. The number of nitrogens with zero attached hydrogens (tertiary/aromatic N) is 1. The molecule has 0 bridgehead atoms. The van der Waals surface area contributed by atoms with Gasteiger partial charge in [-0.15, -0.1) is 0 Å². The summed E-state index contributed by atoms with van der Waals surface area (Å²) >= 11 is 0. The van der Waals surface area contributed by atoms with Gasteiger partial charge < -0.3 is 4.74 Å². The lowest BCUT2D eigenvalue weighted by atomic mass is 9.95. The molecule has 0 N–H and O–H groups in total. The first kappa shape index (κ1) is 11.9. The molecule has 0 radical (unpaired) electrons. The predicted molar refractivity (Wildman–Crippen MR) is 71.7 cm³/mol. The molecule has 0 heterocycles. The Kier molecular flexibility index (Phi) is 3.78. The average molecular weight is 235 g/mol. The average Bonchev–Trinajstić information content (AvgIpc) is 2.46. The number of ether oxygens (including phenoxy) is 1. The molecule has 0 aliphatic carbocycles. The fraction of sp³-hybridized carbons (Fsp3) is 0.0625. The summed E-state index contributed by atoms with van der Waals surface area (Å²) < 4.78 is 5.14. The molecule has 0 atom stereocenters. The zero-order valence-electron chi connectivity index (χ0n) is 10.1. The molecule has 2 rings (SSSR count). The van der Waals surface area contributed by atoms with Crippen LogP contribution in [0.3, 0.4) is 0 Å². The molecule has 0 aliphatic heterocycles. The Labute approximate surface area is 107 Å². The van der Waals surface area contributed by atoms with Crippen LogP contribution in [-0.2, 0) is 4.74 Å². The highest BCUT2D eigenvalue weighted by Crippen LogP contribution is 2.25. The zero-order chi connectivity index (χ0) is 12.8. The molecule has 2 nitrogen and oxygen atoms in total. The molecule has 0 aromatic heterocycles. The maximum absolute atomic E-state index is 9.16. The van der Waals surface area contributed by atoms with Crippen LogP contribution in [0.5, 0.6) is 0 Å². The van der Waals surface area contributed by atoms with Crippen molar-refractivity contribution in [1.82, 2.24) is 0 Å².